The fourth-order valence-corrected chi connectivity index (χ4v) is 1.97. The van der Waals surface area contributed by atoms with Gasteiger partial charge in [0.05, 0.1) is 5.69 Å². The van der Waals surface area contributed by atoms with Crippen molar-refractivity contribution in [2.45, 2.75) is 6.92 Å². The standard InChI is InChI=1S/C15H13FN4/c1-9(2)10-6-18-15-19-14(8-20(15)7-10)12-5-11(17)3-4-13(12)16/h3-8H,1,17H2,2H3. The topological polar surface area (TPSA) is 56.2 Å². The second-order valence-electron chi connectivity index (χ2n) is 4.70. The van der Waals surface area contributed by atoms with Crippen molar-refractivity contribution in [3.8, 4) is 11.3 Å². The molecule has 0 aliphatic rings. The molecule has 0 aliphatic carbocycles. The largest absolute Gasteiger partial charge is 0.399 e. The lowest BCUT2D eigenvalue weighted by molar-refractivity contribution is 0.631. The molecule has 0 saturated heterocycles. The summed E-state index contributed by atoms with van der Waals surface area (Å²) in [6.45, 7) is 5.77. The smallest absolute Gasteiger partial charge is 0.234 e. The summed E-state index contributed by atoms with van der Waals surface area (Å²) >= 11 is 0. The van der Waals surface area contributed by atoms with Gasteiger partial charge in [0, 0.05) is 35.4 Å². The van der Waals surface area contributed by atoms with Crippen LogP contribution in [0.1, 0.15) is 12.5 Å². The van der Waals surface area contributed by atoms with Crippen LogP contribution in [0.4, 0.5) is 10.1 Å². The van der Waals surface area contributed by atoms with Gasteiger partial charge in [0.2, 0.25) is 5.78 Å². The molecule has 4 nitrogen and oxygen atoms in total. The minimum Gasteiger partial charge on any atom is -0.399 e. The van der Waals surface area contributed by atoms with E-state index in [0.717, 1.165) is 11.1 Å². The fraction of sp³-hybridized carbons (Fsp3) is 0.0667. The lowest BCUT2D eigenvalue weighted by Gasteiger charge is -2.00. The number of nitrogens with zero attached hydrogens (tertiary/aromatic N) is 3. The van der Waals surface area contributed by atoms with Crippen LogP contribution in [-0.2, 0) is 0 Å². The minimum atomic E-state index is -0.359. The normalized spacial score (nSPS) is 10.9. The maximum atomic E-state index is 13.9. The highest BCUT2D eigenvalue weighted by atomic mass is 19.1. The van der Waals surface area contributed by atoms with E-state index >= 15 is 0 Å². The van der Waals surface area contributed by atoms with Crippen LogP contribution in [0.25, 0.3) is 22.6 Å². The number of anilines is 1. The lowest BCUT2D eigenvalue weighted by Crippen LogP contribution is -1.90. The number of rotatable bonds is 2. The SMILES string of the molecule is C=C(C)c1cnc2nc(-c3cc(N)ccc3F)cn2c1. The van der Waals surface area contributed by atoms with Gasteiger partial charge in [-0.2, -0.15) is 0 Å². The Balaban J connectivity index is 2.17. The van der Waals surface area contributed by atoms with E-state index in [4.69, 9.17) is 5.73 Å². The molecule has 0 aliphatic heterocycles. The van der Waals surface area contributed by atoms with E-state index in [1.165, 1.54) is 12.1 Å². The molecular weight excluding hydrogens is 255 g/mol. The predicted octanol–water partition coefficient (Wildman–Crippen LogP) is 3.15. The predicted molar refractivity (Wildman–Crippen MR) is 77.5 cm³/mol. The van der Waals surface area contributed by atoms with E-state index in [1.807, 2.05) is 13.1 Å². The first-order valence-electron chi connectivity index (χ1n) is 6.10. The van der Waals surface area contributed by atoms with Crippen LogP contribution in [0.2, 0.25) is 0 Å². The fourth-order valence-electron chi connectivity index (χ4n) is 1.97. The summed E-state index contributed by atoms with van der Waals surface area (Å²) in [6.07, 6.45) is 5.29. The molecule has 0 saturated carbocycles. The average Bonchev–Trinajstić information content (AvgIpc) is 2.83. The molecule has 2 aromatic heterocycles. The summed E-state index contributed by atoms with van der Waals surface area (Å²) in [7, 11) is 0. The van der Waals surface area contributed by atoms with Crippen LogP contribution in [0.5, 0.6) is 0 Å². The number of hydrogen-bond donors (Lipinski definition) is 1. The Hall–Kier alpha value is -2.69. The van der Waals surface area contributed by atoms with Gasteiger partial charge in [-0.1, -0.05) is 6.58 Å². The van der Waals surface area contributed by atoms with Crippen LogP contribution >= 0.6 is 0 Å². The number of imidazole rings is 1. The zero-order valence-corrected chi connectivity index (χ0v) is 11.0. The highest BCUT2D eigenvalue weighted by molar-refractivity contribution is 5.67. The quantitative estimate of drug-likeness (QED) is 0.726. The molecule has 0 spiro atoms. The first-order valence-corrected chi connectivity index (χ1v) is 6.10. The molecule has 2 N–H and O–H groups in total. The van der Waals surface area contributed by atoms with Crippen molar-refractivity contribution in [1.29, 1.82) is 0 Å². The van der Waals surface area contributed by atoms with Gasteiger partial charge in [0.1, 0.15) is 5.82 Å². The molecule has 3 rings (SSSR count). The van der Waals surface area contributed by atoms with Crippen LogP contribution in [0, 0.1) is 5.82 Å². The first-order chi connectivity index (χ1) is 9.54. The number of benzene rings is 1. The van der Waals surface area contributed by atoms with Crippen molar-refractivity contribution in [3.05, 3.63) is 54.7 Å². The van der Waals surface area contributed by atoms with Gasteiger partial charge in [-0.3, -0.25) is 4.40 Å². The zero-order chi connectivity index (χ0) is 14.3. The third kappa shape index (κ3) is 2.03. The molecule has 0 bridgehead atoms. The van der Waals surface area contributed by atoms with Gasteiger partial charge in [0.25, 0.3) is 0 Å². The summed E-state index contributed by atoms with van der Waals surface area (Å²) in [5.41, 5.74) is 8.88. The summed E-state index contributed by atoms with van der Waals surface area (Å²) in [5, 5.41) is 0. The molecule has 100 valence electrons. The highest BCUT2D eigenvalue weighted by Gasteiger charge is 2.11. The molecule has 0 atom stereocenters. The van der Waals surface area contributed by atoms with Gasteiger partial charge in [-0.25, -0.2) is 14.4 Å². The Morgan fingerprint density at radius 1 is 1.35 bits per heavy atom. The van der Waals surface area contributed by atoms with E-state index in [9.17, 15) is 4.39 Å². The Morgan fingerprint density at radius 2 is 2.15 bits per heavy atom. The Bertz CT molecular complexity index is 820. The van der Waals surface area contributed by atoms with Crippen molar-refractivity contribution in [2.75, 3.05) is 5.73 Å². The summed E-state index contributed by atoms with van der Waals surface area (Å²) < 4.78 is 15.6. The second kappa shape index (κ2) is 4.45. The number of halogens is 1. The number of aromatic nitrogens is 3. The Labute approximate surface area is 115 Å². The Kier molecular flexibility index (Phi) is 2.75. The number of allylic oxidation sites excluding steroid dienone is 1. The van der Waals surface area contributed by atoms with E-state index < -0.39 is 0 Å². The highest BCUT2D eigenvalue weighted by Crippen LogP contribution is 2.24. The number of fused-ring (bicyclic) bond motifs is 1. The van der Waals surface area contributed by atoms with Gasteiger partial charge in [-0.05, 0) is 30.7 Å². The third-order valence-electron chi connectivity index (χ3n) is 3.07. The van der Waals surface area contributed by atoms with Crippen molar-refractivity contribution in [2.24, 2.45) is 0 Å². The third-order valence-corrected chi connectivity index (χ3v) is 3.07. The van der Waals surface area contributed by atoms with Crippen LogP contribution in [-0.4, -0.2) is 14.4 Å². The number of nitrogens with two attached hydrogens (primary N) is 1. The second-order valence-corrected chi connectivity index (χ2v) is 4.70. The van der Waals surface area contributed by atoms with Gasteiger partial charge < -0.3 is 5.73 Å². The summed E-state index contributed by atoms with van der Waals surface area (Å²) in [6, 6.07) is 4.42. The number of hydrogen-bond acceptors (Lipinski definition) is 3. The van der Waals surface area contributed by atoms with Crippen LogP contribution < -0.4 is 5.73 Å². The molecule has 1 aromatic carbocycles. The molecule has 0 fully saturated rings. The van der Waals surface area contributed by atoms with E-state index in [1.54, 1.807) is 22.9 Å². The first kappa shape index (κ1) is 12.3. The van der Waals surface area contributed by atoms with Crippen molar-refractivity contribution >= 4 is 17.0 Å². The average molecular weight is 268 g/mol. The zero-order valence-electron chi connectivity index (χ0n) is 11.0. The van der Waals surface area contributed by atoms with E-state index in [2.05, 4.69) is 16.5 Å². The van der Waals surface area contributed by atoms with E-state index in [0.29, 0.717) is 22.7 Å². The van der Waals surface area contributed by atoms with Gasteiger partial charge >= 0.3 is 0 Å². The van der Waals surface area contributed by atoms with Crippen LogP contribution in [0.3, 0.4) is 0 Å². The lowest BCUT2D eigenvalue weighted by atomic mass is 10.1. The molecule has 0 unspecified atom stereocenters. The summed E-state index contributed by atoms with van der Waals surface area (Å²) in [5.74, 6) is 0.148. The van der Waals surface area contributed by atoms with Gasteiger partial charge in [0.15, 0.2) is 0 Å². The van der Waals surface area contributed by atoms with Crippen molar-refractivity contribution < 1.29 is 4.39 Å². The maximum absolute atomic E-state index is 13.9. The maximum Gasteiger partial charge on any atom is 0.234 e. The molecule has 3 aromatic rings. The van der Waals surface area contributed by atoms with Crippen LogP contribution in [0.15, 0.2) is 43.4 Å². The molecule has 20 heavy (non-hydrogen) atoms. The Morgan fingerprint density at radius 3 is 2.90 bits per heavy atom. The molecule has 0 amide bonds. The van der Waals surface area contributed by atoms with Crippen molar-refractivity contribution in [1.82, 2.24) is 14.4 Å². The van der Waals surface area contributed by atoms with E-state index in [-0.39, 0.29) is 5.82 Å². The molecule has 0 radical (unpaired) electrons. The summed E-state index contributed by atoms with van der Waals surface area (Å²) in [4.78, 5) is 8.55. The molecular formula is C15H13FN4. The monoisotopic (exact) mass is 268 g/mol. The minimum absolute atomic E-state index is 0.359. The van der Waals surface area contributed by atoms with Crippen molar-refractivity contribution in [3.63, 3.8) is 0 Å². The number of nitrogen functional groups attached to an aromatic ring is 1. The van der Waals surface area contributed by atoms with Gasteiger partial charge in [-0.15, -0.1) is 0 Å². The molecule has 2 heterocycles. The molecule has 5 heteroatoms.